The second-order valence-corrected chi connectivity index (χ2v) is 5.77. The van der Waals surface area contributed by atoms with E-state index in [1.54, 1.807) is 36.0 Å². The molecule has 0 bridgehead atoms. The summed E-state index contributed by atoms with van der Waals surface area (Å²) < 4.78 is 0. The van der Waals surface area contributed by atoms with Crippen molar-refractivity contribution in [1.29, 1.82) is 0 Å². The summed E-state index contributed by atoms with van der Waals surface area (Å²) in [6.45, 7) is 0.142. The van der Waals surface area contributed by atoms with Crippen LogP contribution in [0.3, 0.4) is 0 Å². The van der Waals surface area contributed by atoms with E-state index in [0.717, 1.165) is 10.5 Å². The van der Waals surface area contributed by atoms with Crippen molar-refractivity contribution in [2.75, 3.05) is 12.8 Å². The zero-order chi connectivity index (χ0) is 15.2. The largest absolute Gasteiger partial charge is 0.387 e. The minimum Gasteiger partial charge on any atom is -0.387 e. The van der Waals surface area contributed by atoms with Crippen LogP contribution in [0.25, 0.3) is 0 Å². The summed E-state index contributed by atoms with van der Waals surface area (Å²) in [6.07, 6.45) is 1.25. The number of nitrogens with one attached hydrogen (secondary N) is 1. The van der Waals surface area contributed by atoms with Gasteiger partial charge in [0.1, 0.15) is 0 Å². The Kier molecular flexibility index (Phi) is 5.67. The van der Waals surface area contributed by atoms with Crippen molar-refractivity contribution in [3.8, 4) is 0 Å². The topological polar surface area (TPSA) is 49.3 Å². The molecule has 0 saturated heterocycles. The molecule has 1 unspecified atom stereocenters. The van der Waals surface area contributed by atoms with Gasteiger partial charge in [-0.3, -0.25) is 4.79 Å². The molecule has 110 valence electrons. The van der Waals surface area contributed by atoms with Gasteiger partial charge >= 0.3 is 0 Å². The lowest BCUT2D eigenvalue weighted by Gasteiger charge is -2.13. The first kappa shape index (κ1) is 15.9. The number of carbonyl (C=O) groups is 1. The molecule has 0 spiro atoms. The van der Waals surface area contributed by atoms with E-state index in [-0.39, 0.29) is 12.5 Å². The first-order chi connectivity index (χ1) is 10.1. The van der Waals surface area contributed by atoms with Gasteiger partial charge in [0, 0.05) is 11.4 Å². The number of carbonyl (C=O) groups excluding carboxylic acids is 1. The van der Waals surface area contributed by atoms with Gasteiger partial charge in [-0.2, -0.15) is 0 Å². The van der Waals surface area contributed by atoms with E-state index >= 15 is 0 Å². The highest BCUT2D eigenvalue weighted by Crippen LogP contribution is 2.19. The highest BCUT2D eigenvalue weighted by Gasteiger charge is 2.12. The van der Waals surface area contributed by atoms with Crippen LogP contribution in [-0.2, 0) is 0 Å². The third-order valence-corrected chi connectivity index (χ3v) is 4.15. The van der Waals surface area contributed by atoms with Gasteiger partial charge in [-0.15, -0.1) is 11.8 Å². The Morgan fingerprint density at radius 2 is 1.90 bits per heavy atom. The molecule has 0 aliphatic heterocycles. The number of amides is 1. The zero-order valence-corrected chi connectivity index (χ0v) is 13.1. The fraction of sp³-hybridized carbons (Fsp3) is 0.188. The first-order valence-electron chi connectivity index (χ1n) is 6.46. The van der Waals surface area contributed by atoms with Gasteiger partial charge < -0.3 is 10.4 Å². The Morgan fingerprint density at radius 3 is 2.52 bits per heavy atom. The molecule has 2 rings (SSSR count). The molecule has 1 amide bonds. The number of thioether (sulfide) groups is 1. The van der Waals surface area contributed by atoms with Gasteiger partial charge in [0.25, 0.3) is 5.91 Å². The number of hydrogen-bond donors (Lipinski definition) is 2. The van der Waals surface area contributed by atoms with Crippen LogP contribution in [0.1, 0.15) is 22.0 Å². The molecular formula is C16H16ClNO2S. The van der Waals surface area contributed by atoms with Crippen LogP contribution < -0.4 is 5.32 Å². The summed E-state index contributed by atoms with van der Waals surface area (Å²) in [7, 11) is 0. The maximum atomic E-state index is 12.0. The van der Waals surface area contributed by atoms with Crippen molar-refractivity contribution in [2.24, 2.45) is 0 Å². The monoisotopic (exact) mass is 321 g/mol. The van der Waals surface area contributed by atoms with Crippen molar-refractivity contribution >= 4 is 29.3 Å². The number of rotatable bonds is 5. The summed E-state index contributed by atoms with van der Waals surface area (Å²) in [5.41, 5.74) is 1.18. The molecule has 0 aromatic heterocycles. The Morgan fingerprint density at radius 1 is 1.24 bits per heavy atom. The summed E-state index contributed by atoms with van der Waals surface area (Å²) >= 11 is 7.60. The molecule has 0 aliphatic rings. The van der Waals surface area contributed by atoms with Crippen molar-refractivity contribution in [3.63, 3.8) is 0 Å². The molecule has 1 atom stereocenters. The minimum absolute atomic E-state index is 0.142. The predicted molar refractivity (Wildman–Crippen MR) is 87.0 cm³/mol. The van der Waals surface area contributed by atoms with Crippen LogP contribution >= 0.6 is 23.4 Å². The molecule has 0 heterocycles. The minimum atomic E-state index is -0.743. The molecule has 2 aromatic carbocycles. The van der Waals surface area contributed by atoms with Crippen LogP contribution in [0.4, 0.5) is 0 Å². The van der Waals surface area contributed by atoms with Gasteiger partial charge in [-0.05, 0) is 36.1 Å². The molecule has 0 aliphatic carbocycles. The van der Waals surface area contributed by atoms with Crippen LogP contribution in [0, 0.1) is 0 Å². The quantitative estimate of drug-likeness (QED) is 0.828. The summed E-state index contributed by atoms with van der Waals surface area (Å²) in [6, 6.07) is 14.4. The fourth-order valence-electron chi connectivity index (χ4n) is 1.87. The maximum absolute atomic E-state index is 12.0. The normalized spacial score (nSPS) is 12.0. The Balaban J connectivity index is 1.95. The standard InChI is InChI=1S/C16H16ClNO2S/c1-21-12-8-6-11(7-9-12)15(19)10-18-16(20)13-4-2-3-5-14(13)17/h2-9,15,19H,10H2,1H3,(H,18,20). The fourth-order valence-corrected chi connectivity index (χ4v) is 2.50. The van der Waals surface area contributed by atoms with E-state index < -0.39 is 6.10 Å². The maximum Gasteiger partial charge on any atom is 0.252 e. The number of aliphatic hydroxyl groups excluding tert-OH is 1. The summed E-state index contributed by atoms with van der Waals surface area (Å²) in [4.78, 5) is 13.1. The Bertz CT molecular complexity index is 616. The number of benzene rings is 2. The van der Waals surface area contributed by atoms with E-state index in [4.69, 9.17) is 11.6 Å². The van der Waals surface area contributed by atoms with Gasteiger partial charge in [-0.25, -0.2) is 0 Å². The highest BCUT2D eigenvalue weighted by atomic mass is 35.5. The third-order valence-electron chi connectivity index (χ3n) is 3.08. The van der Waals surface area contributed by atoms with Crippen molar-refractivity contribution < 1.29 is 9.90 Å². The lowest BCUT2D eigenvalue weighted by atomic mass is 10.1. The SMILES string of the molecule is CSc1ccc(C(O)CNC(=O)c2ccccc2Cl)cc1. The summed E-state index contributed by atoms with van der Waals surface area (Å²) in [5, 5.41) is 13.2. The number of aliphatic hydroxyl groups is 1. The van der Waals surface area contributed by atoms with E-state index in [1.807, 2.05) is 30.5 Å². The molecule has 5 heteroatoms. The molecule has 0 radical (unpaired) electrons. The molecule has 2 N–H and O–H groups in total. The Hall–Kier alpha value is -1.49. The van der Waals surface area contributed by atoms with E-state index in [2.05, 4.69) is 5.32 Å². The van der Waals surface area contributed by atoms with E-state index in [0.29, 0.717) is 10.6 Å². The van der Waals surface area contributed by atoms with Crippen LogP contribution in [0.5, 0.6) is 0 Å². The zero-order valence-electron chi connectivity index (χ0n) is 11.5. The lowest BCUT2D eigenvalue weighted by Crippen LogP contribution is -2.28. The molecule has 0 saturated carbocycles. The van der Waals surface area contributed by atoms with Gasteiger partial charge in [-0.1, -0.05) is 35.9 Å². The molecular weight excluding hydrogens is 306 g/mol. The van der Waals surface area contributed by atoms with Gasteiger partial charge in [0.2, 0.25) is 0 Å². The van der Waals surface area contributed by atoms with Crippen LogP contribution in [-0.4, -0.2) is 23.8 Å². The van der Waals surface area contributed by atoms with Crippen LogP contribution in [0.15, 0.2) is 53.4 Å². The smallest absolute Gasteiger partial charge is 0.252 e. The second kappa shape index (κ2) is 7.50. The van der Waals surface area contributed by atoms with Crippen LogP contribution in [0.2, 0.25) is 5.02 Å². The van der Waals surface area contributed by atoms with E-state index in [1.165, 1.54) is 0 Å². The average molecular weight is 322 g/mol. The average Bonchev–Trinajstić information content (AvgIpc) is 2.52. The first-order valence-corrected chi connectivity index (χ1v) is 8.07. The number of halogens is 1. The number of hydrogen-bond acceptors (Lipinski definition) is 3. The molecule has 21 heavy (non-hydrogen) atoms. The summed E-state index contributed by atoms with van der Waals surface area (Å²) in [5.74, 6) is -0.291. The predicted octanol–water partition coefficient (Wildman–Crippen LogP) is 3.53. The van der Waals surface area contributed by atoms with E-state index in [9.17, 15) is 9.90 Å². The molecule has 3 nitrogen and oxygen atoms in total. The molecule has 0 fully saturated rings. The lowest BCUT2D eigenvalue weighted by molar-refractivity contribution is 0.0916. The van der Waals surface area contributed by atoms with Crippen molar-refractivity contribution in [3.05, 3.63) is 64.7 Å². The highest BCUT2D eigenvalue weighted by molar-refractivity contribution is 7.98. The van der Waals surface area contributed by atoms with Gasteiger partial charge in [0.15, 0.2) is 0 Å². The van der Waals surface area contributed by atoms with Gasteiger partial charge in [0.05, 0.1) is 16.7 Å². The third kappa shape index (κ3) is 4.24. The van der Waals surface area contributed by atoms with Crippen molar-refractivity contribution in [1.82, 2.24) is 5.32 Å². The van der Waals surface area contributed by atoms with Crippen molar-refractivity contribution in [2.45, 2.75) is 11.0 Å². The molecule has 2 aromatic rings. The second-order valence-electron chi connectivity index (χ2n) is 4.48. The Labute approximate surface area is 133 Å².